The fourth-order valence-electron chi connectivity index (χ4n) is 2.58. The molecule has 1 aliphatic rings. The molecule has 1 rings (SSSR count). The molecule has 1 fully saturated rings. The third-order valence-corrected chi connectivity index (χ3v) is 5.53. The standard InChI is InChI=1S/C13H28N2O2S/c1-4-8-14-9-6-11-18(16,17)15-10-5-7-13(15)12(2)3/h12-14H,4-11H2,1-3H3. The molecule has 0 spiro atoms. The van der Waals surface area contributed by atoms with Gasteiger partial charge < -0.3 is 5.32 Å². The largest absolute Gasteiger partial charge is 0.317 e. The molecule has 0 aromatic heterocycles. The first kappa shape index (κ1) is 15.9. The lowest BCUT2D eigenvalue weighted by Crippen LogP contribution is -2.40. The van der Waals surface area contributed by atoms with Gasteiger partial charge in [-0.2, -0.15) is 4.31 Å². The molecule has 1 heterocycles. The van der Waals surface area contributed by atoms with Crippen molar-refractivity contribution in [3.8, 4) is 0 Å². The molecule has 108 valence electrons. The fraction of sp³-hybridized carbons (Fsp3) is 1.00. The maximum absolute atomic E-state index is 12.3. The Morgan fingerprint density at radius 2 is 2.06 bits per heavy atom. The van der Waals surface area contributed by atoms with Crippen LogP contribution in [0.15, 0.2) is 0 Å². The zero-order valence-corrected chi connectivity index (χ0v) is 12.8. The second-order valence-corrected chi connectivity index (χ2v) is 7.52. The first-order chi connectivity index (χ1) is 8.49. The molecule has 5 heteroatoms. The normalized spacial score (nSPS) is 21.9. The van der Waals surface area contributed by atoms with Crippen molar-refractivity contribution in [2.45, 2.75) is 52.5 Å². The number of nitrogens with zero attached hydrogens (tertiary/aromatic N) is 1. The van der Waals surface area contributed by atoms with Crippen LogP contribution in [0.25, 0.3) is 0 Å². The Morgan fingerprint density at radius 3 is 2.67 bits per heavy atom. The Labute approximate surface area is 112 Å². The maximum atomic E-state index is 12.3. The van der Waals surface area contributed by atoms with Crippen molar-refractivity contribution in [2.75, 3.05) is 25.4 Å². The van der Waals surface area contributed by atoms with Crippen LogP contribution in [0.2, 0.25) is 0 Å². The monoisotopic (exact) mass is 276 g/mol. The second kappa shape index (κ2) is 7.46. The van der Waals surface area contributed by atoms with Gasteiger partial charge in [0.25, 0.3) is 0 Å². The molecule has 1 aliphatic heterocycles. The summed E-state index contributed by atoms with van der Waals surface area (Å²) in [5, 5.41) is 3.25. The van der Waals surface area contributed by atoms with E-state index in [2.05, 4.69) is 26.1 Å². The van der Waals surface area contributed by atoms with E-state index < -0.39 is 10.0 Å². The highest BCUT2D eigenvalue weighted by atomic mass is 32.2. The zero-order chi connectivity index (χ0) is 13.6. The summed E-state index contributed by atoms with van der Waals surface area (Å²) < 4.78 is 26.3. The molecule has 1 atom stereocenters. The summed E-state index contributed by atoms with van der Waals surface area (Å²) in [4.78, 5) is 0. The van der Waals surface area contributed by atoms with Crippen LogP contribution in [0.3, 0.4) is 0 Å². The Morgan fingerprint density at radius 1 is 1.33 bits per heavy atom. The van der Waals surface area contributed by atoms with E-state index in [9.17, 15) is 8.42 Å². The topological polar surface area (TPSA) is 49.4 Å². The average Bonchev–Trinajstić information content (AvgIpc) is 2.78. The summed E-state index contributed by atoms with van der Waals surface area (Å²) in [6, 6.07) is 0.221. The molecule has 0 aliphatic carbocycles. The quantitative estimate of drug-likeness (QED) is 0.688. The van der Waals surface area contributed by atoms with E-state index in [-0.39, 0.29) is 11.8 Å². The SMILES string of the molecule is CCCNCCCS(=O)(=O)N1CCCC1C(C)C. The van der Waals surface area contributed by atoms with Crippen LogP contribution in [0.5, 0.6) is 0 Å². The zero-order valence-electron chi connectivity index (χ0n) is 12.0. The first-order valence-corrected chi connectivity index (χ1v) is 8.80. The molecule has 0 amide bonds. The summed E-state index contributed by atoms with van der Waals surface area (Å²) in [5.74, 6) is 0.702. The van der Waals surface area contributed by atoms with Gasteiger partial charge in [0.05, 0.1) is 5.75 Å². The number of hydrogen-bond acceptors (Lipinski definition) is 3. The Kier molecular flexibility index (Phi) is 6.60. The summed E-state index contributed by atoms with van der Waals surface area (Å²) >= 11 is 0. The molecule has 18 heavy (non-hydrogen) atoms. The highest BCUT2D eigenvalue weighted by Crippen LogP contribution is 2.26. The highest BCUT2D eigenvalue weighted by Gasteiger charge is 2.35. The molecule has 1 N–H and O–H groups in total. The van der Waals surface area contributed by atoms with Crippen LogP contribution in [-0.4, -0.2) is 44.2 Å². The van der Waals surface area contributed by atoms with Gasteiger partial charge in [0.2, 0.25) is 10.0 Å². The van der Waals surface area contributed by atoms with Gasteiger partial charge in [0, 0.05) is 12.6 Å². The van der Waals surface area contributed by atoms with Gasteiger partial charge in [-0.1, -0.05) is 20.8 Å². The minimum atomic E-state index is -3.05. The van der Waals surface area contributed by atoms with Crippen molar-refractivity contribution < 1.29 is 8.42 Å². The lowest BCUT2D eigenvalue weighted by molar-refractivity contribution is 0.315. The van der Waals surface area contributed by atoms with Gasteiger partial charge in [0.1, 0.15) is 0 Å². The van der Waals surface area contributed by atoms with E-state index in [1.165, 1.54) is 0 Å². The summed E-state index contributed by atoms with van der Waals surface area (Å²) in [6.45, 7) is 8.82. The Balaban J connectivity index is 2.42. The van der Waals surface area contributed by atoms with E-state index in [0.29, 0.717) is 18.9 Å². The predicted octanol–water partition coefficient (Wildman–Crippen LogP) is 1.83. The predicted molar refractivity (Wildman–Crippen MR) is 76.1 cm³/mol. The Bertz CT molecular complexity index is 328. The van der Waals surface area contributed by atoms with Crippen molar-refractivity contribution in [3.63, 3.8) is 0 Å². The van der Waals surface area contributed by atoms with Gasteiger partial charge in [-0.15, -0.1) is 0 Å². The van der Waals surface area contributed by atoms with E-state index in [4.69, 9.17) is 0 Å². The third kappa shape index (κ3) is 4.52. The second-order valence-electron chi connectivity index (χ2n) is 5.48. The lowest BCUT2D eigenvalue weighted by atomic mass is 10.0. The number of sulfonamides is 1. The van der Waals surface area contributed by atoms with Crippen LogP contribution in [-0.2, 0) is 10.0 Å². The number of rotatable bonds is 8. The molecule has 0 aromatic rings. The van der Waals surface area contributed by atoms with Crippen LogP contribution in [0.4, 0.5) is 0 Å². The smallest absolute Gasteiger partial charge is 0.214 e. The van der Waals surface area contributed by atoms with E-state index >= 15 is 0 Å². The van der Waals surface area contributed by atoms with Gasteiger partial charge in [-0.05, 0) is 44.7 Å². The summed E-state index contributed by atoms with van der Waals surface area (Å²) in [5.41, 5.74) is 0. The van der Waals surface area contributed by atoms with Crippen molar-refractivity contribution in [1.82, 2.24) is 9.62 Å². The Hall–Kier alpha value is -0.130. The molecular weight excluding hydrogens is 248 g/mol. The number of nitrogens with one attached hydrogen (secondary N) is 1. The summed E-state index contributed by atoms with van der Waals surface area (Å²) in [7, 11) is -3.05. The van der Waals surface area contributed by atoms with Crippen molar-refractivity contribution in [1.29, 1.82) is 0 Å². The van der Waals surface area contributed by atoms with Crippen LogP contribution >= 0.6 is 0 Å². The minimum Gasteiger partial charge on any atom is -0.317 e. The fourth-order valence-corrected chi connectivity index (χ4v) is 4.49. The van der Waals surface area contributed by atoms with Gasteiger partial charge >= 0.3 is 0 Å². The molecule has 0 aromatic carbocycles. The van der Waals surface area contributed by atoms with Crippen molar-refractivity contribution in [2.24, 2.45) is 5.92 Å². The van der Waals surface area contributed by atoms with E-state index in [1.807, 2.05) is 0 Å². The van der Waals surface area contributed by atoms with Gasteiger partial charge in [-0.25, -0.2) is 8.42 Å². The van der Waals surface area contributed by atoms with Crippen LogP contribution in [0, 0.1) is 5.92 Å². The minimum absolute atomic E-state index is 0.221. The molecule has 1 unspecified atom stereocenters. The molecular formula is C13H28N2O2S. The average molecular weight is 276 g/mol. The lowest BCUT2D eigenvalue weighted by Gasteiger charge is -2.26. The maximum Gasteiger partial charge on any atom is 0.214 e. The van der Waals surface area contributed by atoms with Crippen LogP contribution < -0.4 is 5.32 Å². The van der Waals surface area contributed by atoms with Gasteiger partial charge in [-0.3, -0.25) is 0 Å². The van der Waals surface area contributed by atoms with Crippen molar-refractivity contribution in [3.05, 3.63) is 0 Å². The molecule has 0 bridgehead atoms. The third-order valence-electron chi connectivity index (χ3n) is 3.56. The van der Waals surface area contributed by atoms with E-state index in [1.54, 1.807) is 4.31 Å². The number of hydrogen-bond donors (Lipinski definition) is 1. The molecule has 0 radical (unpaired) electrons. The summed E-state index contributed by atoms with van der Waals surface area (Å²) in [6.07, 6.45) is 3.83. The molecule has 0 saturated carbocycles. The molecule has 1 saturated heterocycles. The van der Waals surface area contributed by atoms with Gasteiger partial charge in [0.15, 0.2) is 0 Å². The van der Waals surface area contributed by atoms with E-state index in [0.717, 1.165) is 32.4 Å². The van der Waals surface area contributed by atoms with Crippen LogP contribution in [0.1, 0.15) is 46.5 Å². The molecule has 4 nitrogen and oxygen atoms in total. The van der Waals surface area contributed by atoms with Crippen molar-refractivity contribution >= 4 is 10.0 Å². The highest BCUT2D eigenvalue weighted by molar-refractivity contribution is 7.89. The first-order valence-electron chi connectivity index (χ1n) is 7.19.